The van der Waals surface area contributed by atoms with Gasteiger partial charge in [0.15, 0.2) is 0 Å². The van der Waals surface area contributed by atoms with Crippen molar-refractivity contribution in [3.63, 3.8) is 0 Å². The van der Waals surface area contributed by atoms with Crippen LogP contribution in [0.5, 0.6) is 0 Å². The number of benzene rings is 2. The molecule has 144 valence electrons. The lowest BCUT2D eigenvalue weighted by molar-refractivity contribution is -0.133. The van der Waals surface area contributed by atoms with Gasteiger partial charge in [0.2, 0.25) is 5.91 Å². The van der Waals surface area contributed by atoms with Gasteiger partial charge in [-0.05, 0) is 36.2 Å². The zero-order valence-electron chi connectivity index (χ0n) is 16.1. The van der Waals surface area contributed by atoms with E-state index in [1.165, 1.54) is 0 Å². The molecule has 2 amide bonds. The predicted molar refractivity (Wildman–Crippen MR) is 110 cm³/mol. The maximum atomic E-state index is 13.1. The second kappa shape index (κ2) is 7.89. The van der Waals surface area contributed by atoms with E-state index in [-0.39, 0.29) is 17.9 Å². The quantitative estimate of drug-likeness (QED) is 0.754. The van der Waals surface area contributed by atoms with Crippen molar-refractivity contribution < 1.29 is 9.59 Å². The Morgan fingerprint density at radius 1 is 1.14 bits per heavy atom. The first kappa shape index (κ1) is 18.3. The van der Waals surface area contributed by atoms with E-state index in [1.54, 1.807) is 0 Å². The molecule has 1 aromatic heterocycles. The van der Waals surface area contributed by atoms with Gasteiger partial charge in [-0.2, -0.15) is 0 Å². The minimum Gasteiger partial charge on any atom is -0.361 e. The summed E-state index contributed by atoms with van der Waals surface area (Å²) in [6, 6.07) is 17.7. The van der Waals surface area contributed by atoms with Crippen molar-refractivity contribution in [3.8, 4) is 0 Å². The van der Waals surface area contributed by atoms with Gasteiger partial charge < -0.3 is 14.8 Å². The number of carbonyl (C=O) groups is 2. The van der Waals surface area contributed by atoms with Crippen LogP contribution in [0.25, 0.3) is 10.9 Å². The number of amides is 2. The minimum absolute atomic E-state index is 0.00379. The van der Waals surface area contributed by atoms with Crippen molar-refractivity contribution in [1.82, 2.24) is 14.8 Å². The number of rotatable bonds is 4. The summed E-state index contributed by atoms with van der Waals surface area (Å²) >= 11 is 0. The zero-order chi connectivity index (χ0) is 19.5. The molecule has 0 radical (unpaired) electrons. The Balaban J connectivity index is 1.54. The molecule has 1 aliphatic heterocycles. The molecule has 0 saturated carbocycles. The first-order chi connectivity index (χ1) is 13.7. The van der Waals surface area contributed by atoms with Gasteiger partial charge in [-0.15, -0.1) is 0 Å². The summed E-state index contributed by atoms with van der Waals surface area (Å²) in [6.45, 7) is 3.70. The maximum absolute atomic E-state index is 13.1. The number of aromatic amines is 1. The van der Waals surface area contributed by atoms with Crippen LogP contribution in [0.3, 0.4) is 0 Å². The van der Waals surface area contributed by atoms with Crippen LogP contribution in [0.15, 0.2) is 60.8 Å². The van der Waals surface area contributed by atoms with Crippen molar-refractivity contribution in [2.75, 3.05) is 13.1 Å². The van der Waals surface area contributed by atoms with Crippen LogP contribution < -0.4 is 0 Å². The van der Waals surface area contributed by atoms with Crippen LogP contribution in [0.1, 0.15) is 35.7 Å². The van der Waals surface area contributed by atoms with E-state index in [4.69, 9.17) is 0 Å². The molecule has 0 spiro atoms. The Morgan fingerprint density at radius 3 is 2.75 bits per heavy atom. The average Bonchev–Trinajstić information content (AvgIpc) is 3.14. The molecular weight excluding hydrogens is 350 g/mol. The number of carbonyl (C=O) groups excluding carboxylic acids is 2. The highest BCUT2D eigenvalue weighted by Crippen LogP contribution is 2.21. The van der Waals surface area contributed by atoms with Crippen molar-refractivity contribution in [2.24, 2.45) is 0 Å². The lowest BCUT2D eigenvalue weighted by atomic mass is 10.1. The normalized spacial score (nSPS) is 17.8. The summed E-state index contributed by atoms with van der Waals surface area (Å²) in [5.74, 6) is 0.114. The summed E-state index contributed by atoms with van der Waals surface area (Å²) in [5.41, 5.74) is 2.81. The second-order valence-corrected chi connectivity index (χ2v) is 7.35. The maximum Gasteiger partial charge on any atom is 0.253 e. The van der Waals surface area contributed by atoms with Gasteiger partial charge in [0, 0.05) is 54.8 Å². The molecule has 1 atom stereocenters. The summed E-state index contributed by atoms with van der Waals surface area (Å²) in [5, 5.41) is 1.02. The van der Waals surface area contributed by atoms with Crippen LogP contribution in [-0.4, -0.2) is 45.7 Å². The largest absolute Gasteiger partial charge is 0.361 e. The van der Waals surface area contributed by atoms with Crippen molar-refractivity contribution >= 4 is 22.7 Å². The molecule has 0 bridgehead atoms. The first-order valence-corrected chi connectivity index (χ1v) is 9.85. The van der Waals surface area contributed by atoms with Gasteiger partial charge in [-0.25, -0.2) is 0 Å². The lowest BCUT2D eigenvalue weighted by Gasteiger charge is -2.31. The van der Waals surface area contributed by atoms with Crippen molar-refractivity contribution in [1.29, 1.82) is 0 Å². The van der Waals surface area contributed by atoms with E-state index in [2.05, 4.69) is 11.9 Å². The van der Waals surface area contributed by atoms with Crippen LogP contribution in [0.4, 0.5) is 0 Å². The summed E-state index contributed by atoms with van der Waals surface area (Å²) < 4.78 is 0. The number of hydrogen-bond donors (Lipinski definition) is 1. The minimum atomic E-state index is -0.00379. The molecule has 5 heteroatoms. The number of H-pyrrole nitrogens is 1. The van der Waals surface area contributed by atoms with E-state index < -0.39 is 0 Å². The van der Waals surface area contributed by atoms with E-state index in [1.807, 2.05) is 70.6 Å². The lowest BCUT2D eigenvalue weighted by Crippen LogP contribution is -2.43. The highest BCUT2D eigenvalue weighted by Gasteiger charge is 2.31. The molecule has 4 rings (SSSR count). The van der Waals surface area contributed by atoms with Gasteiger partial charge in [0.1, 0.15) is 0 Å². The van der Waals surface area contributed by atoms with Crippen molar-refractivity contribution in [2.45, 2.75) is 32.4 Å². The van der Waals surface area contributed by atoms with Crippen LogP contribution in [0.2, 0.25) is 0 Å². The number of fused-ring (bicyclic) bond motifs is 1. The Hall–Kier alpha value is -3.08. The van der Waals surface area contributed by atoms with E-state index in [0.717, 1.165) is 22.9 Å². The summed E-state index contributed by atoms with van der Waals surface area (Å²) in [4.78, 5) is 32.9. The van der Waals surface area contributed by atoms with Gasteiger partial charge in [0.25, 0.3) is 5.91 Å². The number of aromatic nitrogens is 1. The average molecular weight is 375 g/mol. The Morgan fingerprint density at radius 2 is 1.96 bits per heavy atom. The third kappa shape index (κ3) is 3.65. The third-order valence-corrected chi connectivity index (χ3v) is 5.54. The first-order valence-electron chi connectivity index (χ1n) is 9.85. The van der Waals surface area contributed by atoms with Crippen LogP contribution in [0, 0.1) is 0 Å². The zero-order valence-corrected chi connectivity index (χ0v) is 16.1. The summed E-state index contributed by atoms with van der Waals surface area (Å²) in [6.07, 6.45) is 3.05. The van der Waals surface area contributed by atoms with Gasteiger partial charge in [0.05, 0.1) is 0 Å². The highest BCUT2D eigenvalue weighted by molar-refractivity contribution is 5.98. The fourth-order valence-electron chi connectivity index (χ4n) is 3.92. The van der Waals surface area contributed by atoms with E-state index in [9.17, 15) is 9.59 Å². The van der Waals surface area contributed by atoms with Gasteiger partial charge in [-0.3, -0.25) is 9.59 Å². The fourth-order valence-corrected chi connectivity index (χ4v) is 3.92. The monoisotopic (exact) mass is 375 g/mol. The molecule has 1 fully saturated rings. The predicted octanol–water partition coefficient (Wildman–Crippen LogP) is 3.82. The second-order valence-electron chi connectivity index (χ2n) is 7.35. The number of nitrogens with zero attached hydrogens (tertiary/aromatic N) is 2. The number of nitrogens with one attached hydrogen (secondary N) is 1. The highest BCUT2D eigenvalue weighted by atomic mass is 16.2. The molecular formula is C23H25N3O2. The Kier molecular flexibility index (Phi) is 5.15. The van der Waals surface area contributed by atoms with E-state index >= 15 is 0 Å². The molecule has 2 heterocycles. The van der Waals surface area contributed by atoms with E-state index in [0.29, 0.717) is 31.6 Å². The molecule has 5 nitrogen and oxygen atoms in total. The molecule has 0 aliphatic carbocycles. The topological polar surface area (TPSA) is 56.4 Å². The summed E-state index contributed by atoms with van der Waals surface area (Å²) in [7, 11) is 0. The molecule has 28 heavy (non-hydrogen) atoms. The standard InChI is InChI=1S/C23H25N3O2/c1-2-20-16-25(23(28)19-8-9-21-18(14-19)10-12-24-21)13-11-22(27)26(20)15-17-6-4-3-5-7-17/h3-10,12,14,20,24H,2,11,13,15-16H2,1H3. The molecule has 1 N–H and O–H groups in total. The van der Waals surface area contributed by atoms with Crippen molar-refractivity contribution in [3.05, 3.63) is 71.9 Å². The smallest absolute Gasteiger partial charge is 0.253 e. The van der Waals surface area contributed by atoms with Crippen LogP contribution in [-0.2, 0) is 11.3 Å². The molecule has 2 aromatic carbocycles. The Bertz CT molecular complexity index is 980. The van der Waals surface area contributed by atoms with Gasteiger partial charge >= 0.3 is 0 Å². The molecule has 1 aliphatic rings. The molecule has 1 saturated heterocycles. The fraction of sp³-hybridized carbons (Fsp3) is 0.304. The third-order valence-electron chi connectivity index (χ3n) is 5.54. The van der Waals surface area contributed by atoms with Crippen LogP contribution >= 0.6 is 0 Å². The Labute approximate surface area is 165 Å². The molecule has 1 unspecified atom stereocenters. The van der Waals surface area contributed by atoms with Gasteiger partial charge in [-0.1, -0.05) is 37.3 Å². The number of hydrogen-bond acceptors (Lipinski definition) is 2. The SMILES string of the molecule is CCC1CN(C(=O)c2ccc3[nH]ccc3c2)CCC(=O)N1Cc1ccccc1. The molecule has 3 aromatic rings.